The van der Waals surface area contributed by atoms with Gasteiger partial charge in [0.05, 0.1) is 0 Å². The summed E-state index contributed by atoms with van der Waals surface area (Å²) >= 11 is 0. The Balaban J connectivity index is 2.00. The highest BCUT2D eigenvalue weighted by atomic mass is 28.4. The van der Waals surface area contributed by atoms with Gasteiger partial charge in [0.2, 0.25) is 0 Å². The van der Waals surface area contributed by atoms with E-state index in [1.165, 1.54) is 0 Å². The van der Waals surface area contributed by atoms with Crippen LogP contribution in [0.1, 0.15) is 0 Å². The maximum Gasteiger partial charge on any atom is 0.412 e. The first kappa shape index (κ1) is 11.1. The molecular formula is O6Si6. The first-order chi connectivity index (χ1) is 6.00. The third kappa shape index (κ3) is 6.56. The molecule has 1 rings (SSSR count). The molecule has 0 aromatic rings. The molecule has 0 aromatic heterocycles. The van der Waals surface area contributed by atoms with Crippen molar-refractivity contribution in [3.05, 3.63) is 0 Å². The standard InChI is InChI=1S/O6Si6/c1-7-2-9-4-11-6-12-5-10-3-8-1. The molecule has 12 heteroatoms. The Morgan fingerprint density at radius 2 is 0.500 bits per heavy atom. The van der Waals surface area contributed by atoms with Gasteiger partial charge in [0, 0.05) is 0 Å². The third-order valence-electron chi connectivity index (χ3n) is 0.500. The van der Waals surface area contributed by atoms with Crippen molar-refractivity contribution in [2.45, 2.75) is 0 Å². The number of hydrogen-bond acceptors (Lipinski definition) is 6. The molecule has 60 valence electrons. The van der Waals surface area contributed by atoms with Gasteiger partial charge in [-0.05, 0) is 0 Å². The Morgan fingerprint density at radius 3 is 0.667 bits per heavy atom. The molecule has 1 heterocycles. The van der Waals surface area contributed by atoms with E-state index < -0.39 is 0 Å². The van der Waals surface area contributed by atoms with Gasteiger partial charge in [0.25, 0.3) is 0 Å². The number of hydrogen-bond donors (Lipinski definition) is 0. The van der Waals surface area contributed by atoms with Crippen molar-refractivity contribution >= 4 is 60.0 Å². The summed E-state index contributed by atoms with van der Waals surface area (Å²) in [5.74, 6) is 0. The Bertz CT molecular complexity index is 55.0. The molecule has 0 N–H and O–H groups in total. The summed E-state index contributed by atoms with van der Waals surface area (Å²) in [4.78, 5) is 0. The minimum Gasteiger partial charge on any atom is -0.412 e. The summed E-state index contributed by atoms with van der Waals surface area (Å²) in [6.07, 6.45) is 0. The van der Waals surface area contributed by atoms with E-state index in [1.807, 2.05) is 0 Å². The van der Waals surface area contributed by atoms with Gasteiger partial charge < -0.3 is 24.7 Å². The largest absolute Gasteiger partial charge is 0.412 e. The van der Waals surface area contributed by atoms with Gasteiger partial charge in [-0.1, -0.05) is 0 Å². The lowest BCUT2D eigenvalue weighted by molar-refractivity contribution is 0.348. The fourth-order valence-electron chi connectivity index (χ4n) is 0.227. The van der Waals surface area contributed by atoms with Gasteiger partial charge >= 0.3 is 60.0 Å². The molecule has 0 bridgehead atoms. The Hall–Kier alpha value is 1.06. The van der Waals surface area contributed by atoms with Crippen molar-refractivity contribution in [1.29, 1.82) is 0 Å². The van der Waals surface area contributed by atoms with Crippen LogP contribution in [0.3, 0.4) is 0 Å². The lowest BCUT2D eigenvalue weighted by Gasteiger charge is -2.04. The van der Waals surface area contributed by atoms with Crippen LogP contribution in [-0.2, 0) is 24.7 Å². The van der Waals surface area contributed by atoms with Crippen LogP contribution in [0.4, 0.5) is 0 Å². The van der Waals surface area contributed by atoms with Crippen molar-refractivity contribution < 1.29 is 24.7 Å². The van der Waals surface area contributed by atoms with Crippen molar-refractivity contribution in [2.75, 3.05) is 0 Å². The molecule has 0 atom stereocenters. The van der Waals surface area contributed by atoms with E-state index in [0.717, 1.165) is 0 Å². The van der Waals surface area contributed by atoms with Crippen LogP contribution in [0.25, 0.3) is 0 Å². The first-order valence-corrected chi connectivity index (χ1v) is 7.35. The molecule has 1 fully saturated rings. The maximum absolute atomic E-state index is 4.94. The average Bonchev–Trinajstić information content (AvgIpc) is 2.05. The van der Waals surface area contributed by atoms with Gasteiger partial charge in [0.1, 0.15) is 0 Å². The second-order valence-electron chi connectivity index (χ2n) is 1.11. The predicted octanol–water partition coefficient (Wildman–Crippen LogP) is -2.70. The van der Waals surface area contributed by atoms with Crippen LogP contribution >= 0.6 is 0 Å². The van der Waals surface area contributed by atoms with Crippen molar-refractivity contribution in [2.24, 2.45) is 0 Å². The maximum atomic E-state index is 4.94. The second-order valence-corrected chi connectivity index (χ2v) is 7.01. The van der Waals surface area contributed by atoms with E-state index in [-0.39, 0.29) is 60.0 Å². The fraction of sp³-hybridized carbons (Fsp3) is 0. The molecule has 1 aliphatic heterocycles. The topological polar surface area (TPSA) is 55.4 Å². The van der Waals surface area contributed by atoms with E-state index in [4.69, 9.17) is 24.7 Å². The minimum atomic E-state index is -0.0478. The molecule has 12 radical (unpaired) electrons. The van der Waals surface area contributed by atoms with Gasteiger partial charge in [-0.3, -0.25) is 0 Å². The average molecular weight is 265 g/mol. The lowest BCUT2D eigenvalue weighted by atomic mass is 15.7. The third-order valence-corrected chi connectivity index (χ3v) is 4.50. The Kier molecular flexibility index (Phi) is 8.03. The van der Waals surface area contributed by atoms with E-state index in [1.54, 1.807) is 0 Å². The predicted molar refractivity (Wildman–Crippen MR) is 41.0 cm³/mol. The summed E-state index contributed by atoms with van der Waals surface area (Å²) in [6, 6.07) is 0. The quantitative estimate of drug-likeness (QED) is 0.444. The molecule has 0 unspecified atom stereocenters. The SMILES string of the molecule is O1[Si]O[Si]O[Si]O[Si]O[Si]O[Si]1. The monoisotopic (exact) mass is 264 g/mol. The molecule has 0 aromatic carbocycles. The Labute approximate surface area is 85.0 Å². The van der Waals surface area contributed by atoms with Gasteiger partial charge in [-0.2, -0.15) is 0 Å². The van der Waals surface area contributed by atoms with E-state index in [2.05, 4.69) is 0 Å². The van der Waals surface area contributed by atoms with E-state index >= 15 is 0 Å². The van der Waals surface area contributed by atoms with E-state index in [0.29, 0.717) is 0 Å². The van der Waals surface area contributed by atoms with Crippen molar-refractivity contribution in [3.63, 3.8) is 0 Å². The molecule has 0 spiro atoms. The minimum absolute atomic E-state index is 0.0478. The van der Waals surface area contributed by atoms with Crippen molar-refractivity contribution in [1.82, 2.24) is 0 Å². The van der Waals surface area contributed by atoms with Crippen molar-refractivity contribution in [3.8, 4) is 0 Å². The van der Waals surface area contributed by atoms with Crippen LogP contribution in [0.2, 0.25) is 0 Å². The molecule has 0 saturated carbocycles. The normalized spacial score (nSPS) is 24.0. The van der Waals surface area contributed by atoms with Crippen LogP contribution in [-0.4, -0.2) is 60.0 Å². The molecule has 6 nitrogen and oxygen atoms in total. The Morgan fingerprint density at radius 1 is 0.333 bits per heavy atom. The summed E-state index contributed by atoms with van der Waals surface area (Å²) in [5, 5.41) is 0. The lowest BCUT2D eigenvalue weighted by Crippen LogP contribution is -2.23. The van der Waals surface area contributed by atoms with Gasteiger partial charge in [-0.15, -0.1) is 0 Å². The van der Waals surface area contributed by atoms with Crippen LogP contribution < -0.4 is 0 Å². The highest BCUT2D eigenvalue weighted by molar-refractivity contribution is 6.50. The molecule has 12 heavy (non-hydrogen) atoms. The zero-order chi connectivity index (χ0) is 8.49. The molecule has 1 saturated heterocycles. The fourth-order valence-corrected chi connectivity index (χ4v) is 4.29. The summed E-state index contributed by atoms with van der Waals surface area (Å²) in [5.41, 5.74) is 0. The van der Waals surface area contributed by atoms with Crippen LogP contribution in [0.15, 0.2) is 0 Å². The van der Waals surface area contributed by atoms with Gasteiger partial charge in [0.15, 0.2) is 0 Å². The molecule has 0 amide bonds. The first-order valence-electron chi connectivity index (χ1n) is 2.45. The summed E-state index contributed by atoms with van der Waals surface area (Å²) < 4.78 is 29.6. The summed E-state index contributed by atoms with van der Waals surface area (Å²) in [6.45, 7) is 0. The number of rotatable bonds is 0. The van der Waals surface area contributed by atoms with Crippen LogP contribution in [0, 0.1) is 0 Å². The highest BCUT2D eigenvalue weighted by Crippen LogP contribution is 1.79. The van der Waals surface area contributed by atoms with Crippen LogP contribution in [0.5, 0.6) is 0 Å². The highest BCUT2D eigenvalue weighted by Gasteiger charge is 2.05. The van der Waals surface area contributed by atoms with Gasteiger partial charge in [-0.25, -0.2) is 0 Å². The zero-order valence-electron chi connectivity index (χ0n) is 5.45. The smallest absolute Gasteiger partial charge is 0.412 e. The molecule has 1 aliphatic rings. The molecule has 0 aliphatic carbocycles. The molecular weight excluding hydrogens is 265 g/mol. The zero-order valence-corrected chi connectivity index (χ0v) is 11.4. The summed E-state index contributed by atoms with van der Waals surface area (Å²) in [7, 11) is -0.287. The second kappa shape index (κ2) is 8.65. The van der Waals surface area contributed by atoms with E-state index in [9.17, 15) is 0 Å².